The zero-order chi connectivity index (χ0) is 14.7. The number of nitrogen functional groups attached to an aromatic ring is 1. The molecule has 2 aromatic heterocycles. The highest BCUT2D eigenvalue weighted by Gasteiger charge is 2.12. The Morgan fingerprint density at radius 1 is 1.24 bits per heavy atom. The van der Waals surface area contributed by atoms with Crippen molar-refractivity contribution in [1.29, 1.82) is 0 Å². The van der Waals surface area contributed by atoms with Crippen molar-refractivity contribution in [1.82, 2.24) is 19.9 Å². The van der Waals surface area contributed by atoms with E-state index in [4.69, 9.17) is 15.0 Å². The van der Waals surface area contributed by atoms with E-state index in [1.54, 1.807) is 0 Å². The lowest BCUT2D eigenvalue weighted by Crippen LogP contribution is -2.12. The lowest BCUT2D eigenvalue weighted by molar-refractivity contribution is 0.308. The number of aromatic nitrogens is 4. The number of nitrogens with two attached hydrogens (primary N) is 1. The summed E-state index contributed by atoms with van der Waals surface area (Å²) >= 11 is 1.17. The predicted octanol–water partition coefficient (Wildman–Crippen LogP) is 1.85. The van der Waals surface area contributed by atoms with Crippen LogP contribution in [0.5, 0.6) is 6.01 Å². The van der Waals surface area contributed by atoms with Crippen LogP contribution in [0.1, 0.15) is 6.92 Å². The van der Waals surface area contributed by atoms with Crippen LogP contribution < -0.4 is 16.0 Å². The number of nitrogens with zero attached hydrogens (tertiary/aromatic N) is 4. The van der Waals surface area contributed by atoms with Crippen LogP contribution in [-0.4, -0.2) is 26.5 Å². The molecular weight excluding hydrogens is 292 g/mol. The highest BCUT2D eigenvalue weighted by atomic mass is 32.2. The number of anilines is 1. The summed E-state index contributed by atoms with van der Waals surface area (Å²) in [6, 6.07) is 7.69. The monoisotopic (exact) mass is 304 g/mol. The minimum Gasteiger partial charge on any atom is -0.464 e. The van der Waals surface area contributed by atoms with Crippen LogP contribution in [0.4, 0.5) is 5.95 Å². The first-order chi connectivity index (χ1) is 10.3. The summed E-state index contributed by atoms with van der Waals surface area (Å²) in [6.45, 7) is 2.29. The molecule has 9 heteroatoms. The van der Waals surface area contributed by atoms with E-state index in [1.807, 2.05) is 31.2 Å². The van der Waals surface area contributed by atoms with Gasteiger partial charge in [0.25, 0.3) is 5.22 Å². The molecule has 0 unspecified atom stereocenters. The minimum absolute atomic E-state index is 0.194. The Bertz CT molecular complexity index is 729. The molecule has 0 aliphatic rings. The fraction of sp³-hybridized carbons (Fsp3) is 0.167. The van der Waals surface area contributed by atoms with Gasteiger partial charge in [-0.1, -0.05) is 12.1 Å². The quantitative estimate of drug-likeness (QED) is 0.538. The average Bonchev–Trinajstić information content (AvgIpc) is 2.89. The molecule has 0 bridgehead atoms. The molecule has 0 atom stereocenters. The Kier molecular flexibility index (Phi) is 3.84. The number of para-hydroxylation sites is 2. The number of nitrogens with one attached hydrogen (secondary N) is 1. The molecule has 21 heavy (non-hydrogen) atoms. The first-order valence-electron chi connectivity index (χ1n) is 6.17. The van der Waals surface area contributed by atoms with Crippen LogP contribution in [0.2, 0.25) is 0 Å². The number of hydrogen-bond donors (Lipinski definition) is 2. The molecule has 3 N–H and O–H groups in total. The molecule has 0 saturated carbocycles. The highest BCUT2D eigenvalue weighted by molar-refractivity contribution is 7.98. The van der Waals surface area contributed by atoms with Gasteiger partial charge >= 0.3 is 6.01 Å². The van der Waals surface area contributed by atoms with Crippen LogP contribution in [0.3, 0.4) is 0 Å². The van der Waals surface area contributed by atoms with Crippen molar-refractivity contribution in [2.75, 3.05) is 12.0 Å². The number of ether oxygens (including phenoxy) is 1. The van der Waals surface area contributed by atoms with Gasteiger partial charge in [0.05, 0.1) is 6.61 Å². The predicted molar refractivity (Wildman–Crippen MR) is 76.9 cm³/mol. The van der Waals surface area contributed by atoms with Crippen molar-refractivity contribution in [2.45, 2.75) is 17.3 Å². The lowest BCUT2D eigenvalue weighted by Gasteiger charge is -2.04. The van der Waals surface area contributed by atoms with Gasteiger partial charge in [-0.15, -0.1) is 0 Å². The lowest BCUT2D eigenvalue weighted by atomic mass is 10.3. The van der Waals surface area contributed by atoms with Crippen LogP contribution in [0, 0.1) is 0 Å². The van der Waals surface area contributed by atoms with Crippen LogP contribution >= 0.6 is 11.8 Å². The molecular formula is C12H12N6O2S. The average molecular weight is 304 g/mol. The first-order valence-corrected chi connectivity index (χ1v) is 6.99. The van der Waals surface area contributed by atoms with Gasteiger partial charge in [0.2, 0.25) is 11.1 Å². The van der Waals surface area contributed by atoms with Gasteiger partial charge in [-0.05, 0) is 19.1 Å². The molecule has 0 saturated heterocycles. The van der Waals surface area contributed by atoms with Crippen molar-refractivity contribution in [3.63, 3.8) is 0 Å². The van der Waals surface area contributed by atoms with Crippen molar-refractivity contribution in [3.8, 4) is 6.01 Å². The Morgan fingerprint density at radius 2 is 2.10 bits per heavy atom. The Labute approximate surface area is 124 Å². The number of fused-ring (bicyclic) bond motifs is 1. The highest BCUT2D eigenvalue weighted by Crippen LogP contribution is 2.28. The fourth-order valence-electron chi connectivity index (χ4n) is 1.61. The maximum Gasteiger partial charge on any atom is 0.322 e. The standard InChI is InChI=1S/C12H12N6O2S/c1-2-19-10-15-9(18-13)16-11(17-10)21-12-14-7-5-3-4-6-8(7)20-12/h3-6H,2,13H2,1H3,(H,15,16,17,18). The summed E-state index contributed by atoms with van der Waals surface area (Å²) in [6.07, 6.45) is 0. The molecule has 3 rings (SSSR count). The summed E-state index contributed by atoms with van der Waals surface area (Å²) in [5.74, 6) is 5.55. The van der Waals surface area contributed by atoms with Gasteiger partial charge in [-0.25, -0.2) is 10.8 Å². The summed E-state index contributed by atoms with van der Waals surface area (Å²) in [7, 11) is 0. The van der Waals surface area contributed by atoms with Gasteiger partial charge in [-0.3, -0.25) is 5.43 Å². The Morgan fingerprint density at radius 3 is 2.86 bits per heavy atom. The van der Waals surface area contributed by atoms with Crippen molar-refractivity contribution in [3.05, 3.63) is 24.3 Å². The zero-order valence-electron chi connectivity index (χ0n) is 11.1. The van der Waals surface area contributed by atoms with Crippen molar-refractivity contribution >= 4 is 28.8 Å². The second-order valence-electron chi connectivity index (χ2n) is 3.85. The molecule has 0 aliphatic heterocycles. The van der Waals surface area contributed by atoms with Crippen molar-refractivity contribution in [2.24, 2.45) is 5.84 Å². The van der Waals surface area contributed by atoms with E-state index in [1.165, 1.54) is 11.8 Å². The number of hydrazine groups is 1. The van der Waals surface area contributed by atoms with Gasteiger partial charge in [0.15, 0.2) is 5.58 Å². The zero-order valence-corrected chi connectivity index (χ0v) is 11.9. The number of hydrogen-bond acceptors (Lipinski definition) is 9. The maximum atomic E-state index is 5.60. The van der Waals surface area contributed by atoms with E-state index in [0.29, 0.717) is 22.6 Å². The molecule has 3 aromatic rings. The number of benzene rings is 1. The number of oxazole rings is 1. The second kappa shape index (κ2) is 5.94. The molecule has 0 spiro atoms. The van der Waals surface area contributed by atoms with Crippen LogP contribution in [-0.2, 0) is 0 Å². The van der Waals surface area contributed by atoms with Gasteiger partial charge in [-0.2, -0.15) is 15.0 Å². The third kappa shape index (κ3) is 3.03. The first kappa shape index (κ1) is 13.6. The third-order valence-corrected chi connectivity index (χ3v) is 3.16. The van der Waals surface area contributed by atoms with E-state index in [9.17, 15) is 0 Å². The Balaban J connectivity index is 1.90. The smallest absolute Gasteiger partial charge is 0.322 e. The van der Waals surface area contributed by atoms with Gasteiger partial charge in [0, 0.05) is 11.8 Å². The summed E-state index contributed by atoms with van der Waals surface area (Å²) in [4.78, 5) is 16.6. The molecule has 0 aliphatic carbocycles. The largest absolute Gasteiger partial charge is 0.464 e. The van der Waals surface area contributed by atoms with Crippen molar-refractivity contribution < 1.29 is 9.15 Å². The van der Waals surface area contributed by atoms with E-state index < -0.39 is 0 Å². The minimum atomic E-state index is 0.194. The van der Waals surface area contributed by atoms with E-state index >= 15 is 0 Å². The van der Waals surface area contributed by atoms with Crippen LogP contribution in [0.15, 0.2) is 39.1 Å². The third-order valence-electron chi connectivity index (χ3n) is 2.45. The normalized spacial score (nSPS) is 10.8. The summed E-state index contributed by atoms with van der Waals surface area (Å²) in [5, 5.41) is 0.820. The summed E-state index contributed by atoms with van der Waals surface area (Å²) < 4.78 is 10.9. The molecule has 8 nitrogen and oxygen atoms in total. The molecule has 0 fully saturated rings. The van der Waals surface area contributed by atoms with E-state index in [-0.39, 0.29) is 12.0 Å². The molecule has 108 valence electrons. The topological polar surface area (TPSA) is 112 Å². The van der Waals surface area contributed by atoms with Gasteiger partial charge in [0.1, 0.15) is 5.52 Å². The maximum absolute atomic E-state index is 5.60. The van der Waals surface area contributed by atoms with Crippen LogP contribution in [0.25, 0.3) is 11.1 Å². The Hall–Kier alpha value is -2.39. The van der Waals surface area contributed by atoms with E-state index in [2.05, 4.69) is 25.4 Å². The van der Waals surface area contributed by atoms with E-state index in [0.717, 1.165) is 5.52 Å². The van der Waals surface area contributed by atoms with Gasteiger partial charge < -0.3 is 9.15 Å². The SMILES string of the molecule is CCOc1nc(NN)nc(Sc2nc3ccccc3o2)n1. The number of rotatable bonds is 5. The molecule has 1 aromatic carbocycles. The fourth-order valence-corrected chi connectivity index (χ4v) is 2.30. The molecule has 0 amide bonds. The molecule has 2 heterocycles. The molecule has 0 radical (unpaired) electrons. The second-order valence-corrected chi connectivity index (χ2v) is 4.77. The summed E-state index contributed by atoms with van der Waals surface area (Å²) in [5.41, 5.74) is 3.85.